The minimum absolute atomic E-state index is 0.620. The summed E-state index contributed by atoms with van der Waals surface area (Å²) >= 11 is 0. The molecule has 1 aliphatic heterocycles. The van der Waals surface area contributed by atoms with E-state index in [-0.39, 0.29) is 0 Å². The smallest absolute Gasteiger partial charge is 0.129 e. The predicted molar refractivity (Wildman–Crippen MR) is 85.2 cm³/mol. The third-order valence-electron chi connectivity index (χ3n) is 4.23. The van der Waals surface area contributed by atoms with E-state index in [2.05, 4.69) is 55.2 Å². The zero-order chi connectivity index (χ0) is 14.7. The molecule has 0 bridgehead atoms. The van der Waals surface area contributed by atoms with Crippen molar-refractivity contribution >= 4 is 5.82 Å². The van der Waals surface area contributed by atoms with Crippen LogP contribution in [0.15, 0.2) is 12.1 Å². The van der Waals surface area contributed by atoms with Gasteiger partial charge in [0.2, 0.25) is 0 Å². The maximum Gasteiger partial charge on any atom is 0.129 e. The Hall–Kier alpha value is -1.13. The molecule has 0 aromatic carbocycles. The third-order valence-corrected chi connectivity index (χ3v) is 4.23. The summed E-state index contributed by atoms with van der Waals surface area (Å²) < 4.78 is 0. The fourth-order valence-corrected chi connectivity index (χ4v) is 3.09. The van der Waals surface area contributed by atoms with Gasteiger partial charge in [0, 0.05) is 31.4 Å². The molecule has 2 unspecified atom stereocenters. The van der Waals surface area contributed by atoms with Crippen molar-refractivity contribution in [3.63, 3.8) is 0 Å². The van der Waals surface area contributed by atoms with Crippen molar-refractivity contribution in [2.75, 3.05) is 39.1 Å². The van der Waals surface area contributed by atoms with E-state index >= 15 is 0 Å². The van der Waals surface area contributed by atoms with Crippen LogP contribution in [0.25, 0.3) is 0 Å². The number of anilines is 1. The number of nitrogens with zero attached hydrogens (tertiary/aromatic N) is 3. The van der Waals surface area contributed by atoms with Gasteiger partial charge in [0.25, 0.3) is 0 Å². The van der Waals surface area contributed by atoms with Gasteiger partial charge in [0.15, 0.2) is 0 Å². The van der Waals surface area contributed by atoms with E-state index in [0.29, 0.717) is 12.0 Å². The molecule has 2 heterocycles. The first-order chi connectivity index (χ1) is 9.55. The Labute approximate surface area is 123 Å². The Kier molecular flexibility index (Phi) is 5.00. The first-order valence-corrected chi connectivity index (χ1v) is 7.61. The number of aromatic nitrogens is 1. The van der Waals surface area contributed by atoms with Crippen LogP contribution < -0.4 is 10.2 Å². The summed E-state index contributed by atoms with van der Waals surface area (Å²) in [5.41, 5.74) is 2.52. The molecule has 0 aliphatic carbocycles. The highest BCUT2D eigenvalue weighted by atomic mass is 15.3. The maximum absolute atomic E-state index is 4.82. The van der Waals surface area contributed by atoms with Gasteiger partial charge in [-0.1, -0.05) is 13.8 Å². The van der Waals surface area contributed by atoms with Crippen molar-refractivity contribution in [1.29, 1.82) is 0 Å². The van der Waals surface area contributed by atoms with E-state index in [9.17, 15) is 0 Å². The molecule has 4 nitrogen and oxygen atoms in total. The summed E-state index contributed by atoms with van der Waals surface area (Å²) in [6.07, 6.45) is 0.991. The highest BCUT2D eigenvalue weighted by Gasteiger charge is 2.31. The number of rotatable bonds is 5. The average Bonchev–Trinajstić information content (AvgIpc) is 2.81. The van der Waals surface area contributed by atoms with Crippen molar-refractivity contribution in [3.8, 4) is 0 Å². The number of aryl methyl sites for hydroxylation is 1. The summed E-state index contributed by atoms with van der Waals surface area (Å²) in [4.78, 5) is 9.60. The van der Waals surface area contributed by atoms with Crippen LogP contribution in [0, 0.1) is 5.92 Å². The molecule has 1 fully saturated rings. The molecule has 2 rings (SSSR count). The largest absolute Gasteiger partial charge is 0.355 e. The minimum Gasteiger partial charge on any atom is -0.355 e. The summed E-state index contributed by atoms with van der Waals surface area (Å²) in [6.45, 7) is 7.59. The van der Waals surface area contributed by atoms with Gasteiger partial charge in [-0.15, -0.1) is 0 Å². The van der Waals surface area contributed by atoms with Crippen molar-refractivity contribution in [1.82, 2.24) is 15.2 Å². The second-order valence-corrected chi connectivity index (χ2v) is 6.12. The summed E-state index contributed by atoms with van der Waals surface area (Å²) in [5.74, 6) is 1.83. The van der Waals surface area contributed by atoms with E-state index in [0.717, 1.165) is 31.9 Å². The molecule has 0 saturated carbocycles. The Morgan fingerprint density at radius 1 is 1.35 bits per heavy atom. The SMILES string of the molecule is CCc1cc(CNC)cc(N2CC(C)C(N(C)C)C2)n1. The Morgan fingerprint density at radius 3 is 2.65 bits per heavy atom. The molecule has 1 aromatic heterocycles. The molecule has 0 spiro atoms. The van der Waals surface area contributed by atoms with E-state index in [4.69, 9.17) is 4.98 Å². The van der Waals surface area contributed by atoms with Crippen LogP contribution in [-0.4, -0.2) is 50.2 Å². The lowest BCUT2D eigenvalue weighted by molar-refractivity contribution is 0.266. The van der Waals surface area contributed by atoms with Crippen molar-refractivity contribution in [3.05, 3.63) is 23.4 Å². The van der Waals surface area contributed by atoms with E-state index in [1.807, 2.05) is 7.05 Å². The van der Waals surface area contributed by atoms with Crippen LogP contribution in [0.5, 0.6) is 0 Å². The molecule has 1 aliphatic rings. The quantitative estimate of drug-likeness (QED) is 0.888. The van der Waals surface area contributed by atoms with Gasteiger partial charge >= 0.3 is 0 Å². The lowest BCUT2D eigenvalue weighted by atomic mass is 10.1. The number of nitrogens with one attached hydrogen (secondary N) is 1. The molecule has 1 N–H and O–H groups in total. The first-order valence-electron chi connectivity index (χ1n) is 7.61. The van der Waals surface area contributed by atoms with Gasteiger partial charge in [-0.3, -0.25) is 0 Å². The van der Waals surface area contributed by atoms with E-state index in [1.54, 1.807) is 0 Å². The highest BCUT2D eigenvalue weighted by molar-refractivity contribution is 5.44. The number of hydrogen-bond acceptors (Lipinski definition) is 4. The van der Waals surface area contributed by atoms with Crippen molar-refractivity contribution < 1.29 is 0 Å². The zero-order valence-corrected chi connectivity index (χ0v) is 13.5. The van der Waals surface area contributed by atoms with Gasteiger partial charge < -0.3 is 15.1 Å². The second-order valence-electron chi connectivity index (χ2n) is 6.12. The van der Waals surface area contributed by atoms with Gasteiger partial charge in [-0.25, -0.2) is 4.98 Å². The van der Waals surface area contributed by atoms with Crippen LogP contribution >= 0.6 is 0 Å². The molecule has 0 amide bonds. The number of hydrogen-bond donors (Lipinski definition) is 1. The van der Waals surface area contributed by atoms with Gasteiger partial charge in [0.05, 0.1) is 0 Å². The van der Waals surface area contributed by atoms with Gasteiger partial charge in [0.1, 0.15) is 5.82 Å². The Morgan fingerprint density at radius 2 is 2.10 bits per heavy atom. The average molecular weight is 276 g/mol. The molecule has 2 atom stereocenters. The summed E-state index contributed by atoms with van der Waals surface area (Å²) in [5, 5.41) is 3.23. The van der Waals surface area contributed by atoms with Crippen molar-refractivity contribution in [2.24, 2.45) is 5.92 Å². The molecule has 0 radical (unpaired) electrons. The van der Waals surface area contributed by atoms with E-state index in [1.165, 1.54) is 11.3 Å². The van der Waals surface area contributed by atoms with Gasteiger partial charge in [-0.05, 0) is 51.2 Å². The van der Waals surface area contributed by atoms with Gasteiger partial charge in [-0.2, -0.15) is 0 Å². The van der Waals surface area contributed by atoms with Crippen LogP contribution in [0.2, 0.25) is 0 Å². The molecular formula is C16H28N4. The summed E-state index contributed by atoms with van der Waals surface area (Å²) in [6, 6.07) is 5.07. The monoisotopic (exact) mass is 276 g/mol. The Balaban J connectivity index is 2.22. The highest BCUT2D eigenvalue weighted by Crippen LogP contribution is 2.26. The van der Waals surface area contributed by atoms with Crippen LogP contribution in [-0.2, 0) is 13.0 Å². The molecule has 1 aromatic rings. The molecule has 4 heteroatoms. The number of pyridine rings is 1. The van der Waals surface area contributed by atoms with Crippen LogP contribution in [0.1, 0.15) is 25.1 Å². The third kappa shape index (κ3) is 3.30. The molecule has 20 heavy (non-hydrogen) atoms. The minimum atomic E-state index is 0.620. The van der Waals surface area contributed by atoms with Crippen molar-refractivity contribution in [2.45, 2.75) is 32.9 Å². The standard InChI is InChI=1S/C16H28N4/c1-6-14-7-13(9-17-3)8-16(18-14)20-10-12(2)15(11-20)19(4)5/h7-8,12,15,17H,6,9-11H2,1-5H3. The first kappa shape index (κ1) is 15.3. The lowest BCUT2D eigenvalue weighted by Gasteiger charge is -2.23. The second kappa shape index (κ2) is 6.55. The normalized spacial score (nSPS) is 22.8. The Bertz CT molecular complexity index is 444. The molecule has 112 valence electrons. The topological polar surface area (TPSA) is 31.4 Å². The van der Waals surface area contributed by atoms with Crippen LogP contribution in [0.4, 0.5) is 5.82 Å². The fourth-order valence-electron chi connectivity index (χ4n) is 3.09. The predicted octanol–water partition coefficient (Wildman–Crippen LogP) is 1.75. The zero-order valence-electron chi connectivity index (χ0n) is 13.5. The molecule has 1 saturated heterocycles. The maximum atomic E-state index is 4.82. The van der Waals surface area contributed by atoms with Crippen LogP contribution in [0.3, 0.4) is 0 Å². The molecular weight excluding hydrogens is 248 g/mol. The van der Waals surface area contributed by atoms with E-state index < -0.39 is 0 Å². The summed E-state index contributed by atoms with van der Waals surface area (Å²) in [7, 11) is 6.34. The lowest BCUT2D eigenvalue weighted by Crippen LogP contribution is -2.34. The number of likely N-dealkylation sites (N-methyl/N-ethyl adjacent to an activating group) is 1. The fraction of sp³-hybridized carbons (Fsp3) is 0.688.